The highest BCUT2D eigenvalue weighted by Crippen LogP contribution is 2.36. The van der Waals surface area contributed by atoms with Crippen LogP contribution in [0.5, 0.6) is 0 Å². The summed E-state index contributed by atoms with van der Waals surface area (Å²) in [5, 5.41) is 11.9. The maximum absolute atomic E-state index is 13.8. The van der Waals surface area contributed by atoms with Crippen LogP contribution in [-0.4, -0.2) is 5.11 Å². The Balaban J connectivity index is 2.17. The number of halogens is 2. The Morgan fingerprint density at radius 1 is 1.15 bits per heavy atom. The van der Waals surface area contributed by atoms with Gasteiger partial charge in [0.05, 0.1) is 3.79 Å². The normalized spacial score (nSPS) is 12.8. The molecule has 0 aliphatic rings. The van der Waals surface area contributed by atoms with Crippen molar-refractivity contribution in [1.29, 1.82) is 0 Å². The zero-order chi connectivity index (χ0) is 14.3. The Morgan fingerprint density at radius 3 is 2.50 bits per heavy atom. The van der Waals surface area contributed by atoms with Crippen LogP contribution in [0.2, 0.25) is 0 Å². The van der Waals surface area contributed by atoms with Crippen molar-refractivity contribution in [3.8, 4) is 0 Å². The largest absolute Gasteiger partial charge is 0.383 e. The SMILES string of the molecule is Cc1cc(C(O)c2ccc(F)c3ccccc23)sc1Br. The molecule has 1 heterocycles. The fourth-order valence-electron chi connectivity index (χ4n) is 2.30. The first-order valence-corrected chi connectivity index (χ1v) is 7.80. The number of hydrogen-bond acceptors (Lipinski definition) is 2. The zero-order valence-corrected chi connectivity index (χ0v) is 13.1. The van der Waals surface area contributed by atoms with E-state index in [0.29, 0.717) is 5.39 Å². The molecule has 2 aromatic carbocycles. The van der Waals surface area contributed by atoms with Crippen molar-refractivity contribution in [1.82, 2.24) is 0 Å². The van der Waals surface area contributed by atoms with E-state index in [1.807, 2.05) is 25.1 Å². The van der Waals surface area contributed by atoms with Gasteiger partial charge in [-0.05, 0) is 51.5 Å². The van der Waals surface area contributed by atoms with Crippen LogP contribution >= 0.6 is 27.3 Å². The summed E-state index contributed by atoms with van der Waals surface area (Å²) in [5.41, 5.74) is 1.83. The molecule has 1 unspecified atom stereocenters. The number of benzene rings is 2. The Labute approximate surface area is 128 Å². The molecular weight excluding hydrogens is 339 g/mol. The van der Waals surface area contributed by atoms with Gasteiger partial charge in [-0.3, -0.25) is 0 Å². The minimum Gasteiger partial charge on any atom is -0.383 e. The Kier molecular flexibility index (Phi) is 3.63. The van der Waals surface area contributed by atoms with Crippen molar-refractivity contribution in [2.75, 3.05) is 0 Å². The molecule has 1 nitrogen and oxygen atoms in total. The van der Waals surface area contributed by atoms with E-state index in [9.17, 15) is 9.50 Å². The summed E-state index contributed by atoms with van der Waals surface area (Å²) in [6.07, 6.45) is -0.740. The lowest BCUT2D eigenvalue weighted by atomic mass is 9.99. The Hall–Kier alpha value is -1.23. The predicted octanol–water partition coefficient (Wildman–Crippen LogP) is 5.19. The molecule has 0 aliphatic carbocycles. The highest BCUT2D eigenvalue weighted by atomic mass is 79.9. The van der Waals surface area contributed by atoms with Gasteiger partial charge in [-0.15, -0.1) is 11.3 Å². The minimum absolute atomic E-state index is 0.264. The number of hydrogen-bond donors (Lipinski definition) is 1. The first kappa shape index (κ1) is 13.7. The molecule has 0 aliphatic heterocycles. The molecule has 3 aromatic rings. The lowest BCUT2D eigenvalue weighted by Gasteiger charge is -2.12. The van der Waals surface area contributed by atoms with Crippen LogP contribution in [0.3, 0.4) is 0 Å². The van der Waals surface area contributed by atoms with Crippen molar-refractivity contribution >= 4 is 38.0 Å². The molecule has 1 aromatic heterocycles. The van der Waals surface area contributed by atoms with Crippen molar-refractivity contribution < 1.29 is 9.50 Å². The average molecular weight is 351 g/mol. The molecule has 3 rings (SSSR count). The monoisotopic (exact) mass is 350 g/mol. The number of aliphatic hydroxyl groups excluding tert-OH is 1. The summed E-state index contributed by atoms with van der Waals surface area (Å²) in [7, 11) is 0. The van der Waals surface area contributed by atoms with Crippen LogP contribution in [-0.2, 0) is 0 Å². The standard InChI is InChI=1S/C16H12BrFOS/c1-9-8-14(20-16(9)17)15(19)12-6-7-13(18)11-5-3-2-4-10(11)12/h2-8,15,19H,1H3. The summed E-state index contributed by atoms with van der Waals surface area (Å²) >= 11 is 4.97. The average Bonchev–Trinajstić information content (AvgIpc) is 2.79. The molecule has 0 saturated carbocycles. The fourth-order valence-corrected chi connectivity index (χ4v) is 3.87. The predicted molar refractivity (Wildman–Crippen MR) is 84.7 cm³/mol. The van der Waals surface area contributed by atoms with Crippen molar-refractivity contribution in [2.24, 2.45) is 0 Å². The molecule has 20 heavy (non-hydrogen) atoms. The first-order valence-electron chi connectivity index (χ1n) is 6.19. The van der Waals surface area contributed by atoms with Crippen LogP contribution in [0.1, 0.15) is 22.1 Å². The quantitative estimate of drug-likeness (QED) is 0.673. The summed E-state index contributed by atoms with van der Waals surface area (Å²) in [6, 6.07) is 12.3. The van der Waals surface area contributed by atoms with Crippen LogP contribution in [0.25, 0.3) is 10.8 Å². The highest BCUT2D eigenvalue weighted by Gasteiger charge is 2.17. The second kappa shape index (κ2) is 5.28. The lowest BCUT2D eigenvalue weighted by Crippen LogP contribution is -1.99. The van der Waals surface area contributed by atoms with E-state index in [-0.39, 0.29) is 5.82 Å². The molecule has 1 N–H and O–H groups in total. The Morgan fingerprint density at radius 2 is 1.85 bits per heavy atom. The van der Waals surface area contributed by atoms with Gasteiger partial charge in [0.2, 0.25) is 0 Å². The van der Waals surface area contributed by atoms with Crippen LogP contribution in [0, 0.1) is 12.7 Å². The van der Waals surface area contributed by atoms with Gasteiger partial charge >= 0.3 is 0 Å². The van der Waals surface area contributed by atoms with Crippen LogP contribution < -0.4 is 0 Å². The minimum atomic E-state index is -0.740. The second-order valence-electron chi connectivity index (χ2n) is 4.69. The topological polar surface area (TPSA) is 20.2 Å². The van der Waals surface area contributed by atoms with E-state index in [2.05, 4.69) is 15.9 Å². The van der Waals surface area contributed by atoms with Crippen molar-refractivity contribution in [2.45, 2.75) is 13.0 Å². The molecule has 0 radical (unpaired) electrons. The fraction of sp³-hybridized carbons (Fsp3) is 0.125. The maximum Gasteiger partial charge on any atom is 0.131 e. The van der Waals surface area contributed by atoms with Gasteiger partial charge in [0.15, 0.2) is 0 Å². The smallest absolute Gasteiger partial charge is 0.131 e. The van der Waals surface area contributed by atoms with E-state index in [1.165, 1.54) is 17.4 Å². The molecule has 102 valence electrons. The molecule has 0 bridgehead atoms. The van der Waals surface area contributed by atoms with E-state index in [4.69, 9.17) is 0 Å². The third-order valence-corrected chi connectivity index (χ3v) is 5.53. The number of thiophene rings is 1. The highest BCUT2D eigenvalue weighted by molar-refractivity contribution is 9.11. The maximum atomic E-state index is 13.8. The van der Waals surface area contributed by atoms with Gasteiger partial charge in [-0.2, -0.15) is 0 Å². The van der Waals surface area contributed by atoms with Gasteiger partial charge < -0.3 is 5.11 Å². The van der Waals surface area contributed by atoms with Gasteiger partial charge in [0, 0.05) is 10.3 Å². The molecule has 0 saturated heterocycles. The van der Waals surface area contributed by atoms with E-state index >= 15 is 0 Å². The summed E-state index contributed by atoms with van der Waals surface area (Å²) in [6.45, 7) is 1.99. The summed E-state index contributed by atoms with van der Waals surface area (Å²) < 4.78 is 14.8. The molecule has 1 atom stereocenters. The summed E-state index contributed by atoms with van der Waals surface area (Å²) in [5.74, 6) is -0.264. The third-order valence-electron chi connectivity index (χ3n) is 3.34. The van der Waals surface area contributed by atoms with Crippen molar-refractivity contribution in [3.05, 3.63) is 68.1 Å². The third kappa shape index (κ3) is 2.28. The molecule has 0 spiro atoms. The van der Waals surface area contributed by atoms with E-state index < -0.39 is 6.10 Å². The number of aryl methyl sites for hydroxylation is 1. The molecule has 4 heteroatoms. The molecular formula is C16H12BrFOS. The second-order valence-corrected chi connectivity index (χ2v) is 7.09. The van der Waals surface area contributed by atoms with Crippen molar-refractivity contribution in [3.63, 3.8) is 0 Å². The van der Waals surface area contributed by atoms with Gasteiger partial charge in [0.1, 0.15) is 11.9 Å². The molecule has 0 fully saturated rings. The lowest BCUT2D eigenvalue weighted by molar-refractivity contribution is 0.225. The Bertz CT molecular complexity index is 762. The first-order chi connectivity index (χ1) is 9.58. The number of aliphatic hydroxyl groups is 1. The number of fused-ring (bicyclic) bond motifs is 1. The number of rotatable bonds is 2. The van der Waals surface area contributed by atoms with E-state index in [0.717, 1.165) is 25.2 Å². The van der Waals surface area contributed by atoms with Gasteiger partial charge in [-0.25, -0.2) is 4.39 Å². The summed E-state index contributed by atoms with van der Waals surface area (Å²) in [4.78, 5) is 0.853. The van der Waals surface area contributed by atoms with Crippen LogP contribution in [0.15, 0.2) is 46.3 Å². The van der Waals surface area contributed by atoms with Gasteiger partial charge in [-0.1, -0.05) is 30.3 Å². The van der Waals surface area contributed by atoms with Gasteiger partial charge in [0.25, 0.3) is 0 Å². The zero-order valence-electron chi connectivity index (χ0n) is 10.7. The van der Waals surface area contributed by atoms with Crippen LogP contribution in [0.4, 0.5) is 4.39 Å². The molecule has 0 amide bonds. The van der Waals surface area contributed by atoms with E-state index in [1.54, 1.807) is 18.2 Å².